The molecule has 1 aliphatic heterocycles. The molecular weight excluding hydrogens is 200 g/mol. The fourth-order valence-corrected chi connectivity index (χ4v) is 1.55. The van der Waals surface area contributed by atoms with Crippen LogP contribution in [0.5, 0.6) is 0 Å². The number of hydrogen-bond acceptors (Lipinski definition) is 3. The topological polar surface area (TPSA) is 55.1 Å². The molecular formula is C10H13ClN2O. The minimum Gasteiger partial charge on any atom is -0.384 e. The summed E-state index contributed by atoms with van der Waals surface area (Å²) in [7, 11) is 0. The van der Waals surface area contributed by atoms with Gasteiger partial charge >= 0.3 is 0 Å². The minimum absolute atomic E-state index is 0. The standard InChI is InChI=1S/C10H12N2O.ClH/c11-6-7-1-2-8-9(5-7)12-4-3-10(8)13;/h1-2,5,12H,3-4,6,11H2;1H. The predicted octanol–water partition coefficient (Wildman–Crippen LogP) is 1.57. The Hall–Kier alpha value is -1.06. The Morgan fingerprint density at radius 3 is 2.93 bits per heavy atom. The molecule has 1 aromatic rings. The molecule has 1 aromatic carbocycles. The van der Waals surface area contributed by atoms with Crippen molar-refractivity contribution in [1.82, 2.24) is 0 Å². The normalized spacial score (nSPS) is 13.9. The van der Waals surface area contributed by atoms with Gasteiger partial charge < -0.3 is 11.1 Å². The van der Waals surface area contributed by atoms with Crippen LogP contribution >= 0.6 is 12.4 Å². The average Bonchev–Trinajstić information content (AvgIpc) is 2.18. The Balaban J connectivity index is 0.000000980. The molecule has 0 saturated carbocycles. The number of benzene rings is 1. The van der Waals surface area contributed by atoms with Crippen molar-refractivity contribution in [3.8, 4) is 0 Å². The van der Waals surface area contributed by atoms with Crippen LogP contribution in [0.3, 0.4) is 0 Å². The van der Waals surface area contributed by atoms with E-state index in [0.717, 1.165) is 23.4 Å². The van der Waals surface area contributed by atoms with Crippen LogP contribution in [0.4, 0.5) is 5.69 Å². The van der Waals surface area contributed by atoms with Crippen molar-refractivity contribution in [2.45, 2.75) is 13.0 Å². The maximum atomic E-state index is 11.4. The highest BCUT2D eigenvalue weighted by atomic mass is 35.5. The van der Waals surface area contributed by atoms with Crippen LogP contribution in [0, 0.1) is 0 Å². The number of anilines is 1. The van der Waals surface area contributed by atoms with Crippen molar-refractivity contribution in [3.63, 3.8) is 0 Å². The molecule has 3 N–H and O–H groups in total. The lowest BCUT2D eigenvalue weighted by Crippen LogP contribution is -2.18. The van der Waals surface area contributed by atoms with Gasteiger partial charge in [-0.3, -0.25) is 4.79 Å². The van der Waals surface area contributed by atoms with Crippen LogP contribution in [0.1, 0.15) is 22.3 Å². The molecule has 0 aliphatic carbocycles. The second kappa shape index (κ2) is 4.44. The largest absolute Gasteiger partial charge is 0.384 e. The van der Waals surface area contributed by atoms with Crippen molar-refractivity contribution >= 4 is 23.9 Å². The molecule has 1 heterocycles. The third kappa shape index (κ3) is 1.89. The van der Waals surface area contributed by atoms with Gasteiger partial charge in [-0.2, -0.15) is 0 Å². The molecule has 2 rings (SSSR count). The zero-order valence-electron chi connectivity index (χ0n) is 7.75. The summed E-state index contributed by atoms with van der Waals surface area (Å²) in [5.41, 5.74) is 8.29. The van der Waals surface area contributed by atoms with Crippen LogP contribution in [0.25, 0.3) is 0 Å². The smallest absolute Gasteiger partial charge is 0.166 e. The molecule has 0 aromatic heterocycles. The number of fused-ring (bicyclic) bond motifs is 1. The third-order valence-electron chi connectivity index (χ3n) is 2.29. The van der Waals surface area contributed by atoms with E-state index >= 15 is 0 Å². The van der Waals surface area contributed by atoms with Crippen LogP contribution in [-0.4, -0.2) is 12.3 Å². The molecule has 76 valence electrons. The average molecular weight is 213 g/mol. The fourth-order valence-electron chi connectivity index (χ4n) is 1.55. The van der Waals surface area contributed by atoms with Crippen molar-refractivity contribution in [3.05, 3.63) is 29.3 Å². The first-order chi connectivity index (χ1) is 6.31. The number of carbonyl (C=O) groups excluding carboxylic acids is 1. The second-order valence-electron chi connectivity index (χ2n) is 3.18. The Kier molecular flexibility index (Phi) is 3.49. The summed E-state index contributed by atoms with van der Waals surface area (Å²) in [6.45, 7) is 1.25. The lowest BCUT2D eigenvalue weighted by Gasteiger charge is -2.17. The van der Waals surface area contributed by atoms with Gasteiger partial charge in [-0.15, -0.1) is 12.4 Å². The number of rotatable bonds is 1. The van der Waals surface area contributed by atoms with E-state index in [4.69, 9.17) is 5.73 Å². The molecule has 0 amide bonds. The first-order valence-electron chi connectivity index (χ1n) is 4.41. The molecule has 3 nitrogen and oxygen atoms in total. The Bertz CT molecular complexity index is 352. The highest BCUT2D eigenvalue weighted by Gasteiger charge is 2.15. The monoisotopic (exact) mass is 212 g/mol. The highest BCUT2D eigenvalue weighted by Crippen LogP contribution is 2.22. The molecule has 1 aliphatic rings. The molecule has 14 heavy (non-hydrogen) atoms. The van der Waals surface area contributed by atoms with E-state index in [1.165, 1.54) is 0 Å². The summed E-state index contributed by atoms with van der Waals surface area (Å²) in [4.78, 5) is 11.4. The second-order valence-corrected chi connectivity index (χ2v) is 3.18. The van der Waals surface area contributed by atoms with Gasteiger partial charge in [-0.25, -0.2) is 0 Å². The molecule has 0 spiro atoms. The van der Waals surface area contributed by atoms with Gasteiger partial charge in [-0.05, 0) is 17.7 Å². The lowest BCUT2D eigenvalue weighted by molar-refractivity contribution is 0.0984. The molecule has 0 bridgehead atoms. The first-order valence-corrected chi connectivity index (χ1v) is 4.41. The molecule has 0 unspecified atom stereocenters. The maximum Gasteiger partial charge on any atom is 0.166 e. The number of carbonyl (C=O) groups is 1. The maximum absolute atomic E-state index is 11.4. The summed E-state index contributed by atoms with van der Waals surface area (Å²) in [5.74, 6) is 0.220. The molecule has 0 atom stereocenters. The Labute approximate surface area is 89.1 Å². The molecule has 4 heteroatoms. The van der Waals surface area contributed by atoms with Crippen molar-refractivity contribution in [2.75, 3.05) is 11.9 Å². The van der Waals surface area contributed by atoms with Gasteiger partial charge in [0.05, 0.1) is 0 Å². The summed E-state index contributed by atoms with van der Waals surface area (Å²) in [5, 5.41) is 3.19. The quantitative estimate of drug-likeness (QED) is 0.743. The summed E-state index contributed by atoms with van der Waals surface area (Å²) in [6, 6.07) is 5.71. The van der Waals surface area contributed by atoms with Gasteiger partial charge in [0.15, 0.2) is 5.78 Å². The van der Waals surface area contributed by atoms with Gasteiger partial charge in [0.1, 0.15) is 0 Å². The van der Waals surface area contributed by atoms with Crippen molar-refractivity contribution < 1.29 is 4.79 Å². The van der Waals surface area contributed by atoms with Crippen LogP contribution < -0.4 is 11.1 Å². The number of nitrogens with two attached hydrogens (primary N) is 1. The van der Waals surface area contributed by atoms with E-state index in [0.29, 0.717) is 13.0 Å². The zero-order valence-corrected chi connectivity index (χ0v) is 8.56. The van der Waals surface area contributed by atoms with E-state index in [-0.39, 0.29) is 18.2 Å². The molecule has 0 radical (unpaired) electrons. The number of hydrogen-bond donors (Lipinski definition) is 2. The van der Waals surface area contributed by atoms with Gasteiger partial charge in [0.2, 0.25) is 0 Å². The van der Waals surface area contributed by atoms with Crippen LogP contribution in [0.15, 0.2) is 18.2 Å². The fraction of sp³-hybridized carbons (Fsp3) is 0.300. The van der Waals surface area contributed by atoms with Crippen LogP contribution in [-0.2, 0) is 6.54 Å². The predicted molar refractivity (Wildman–Crippen MR) is 59.0 cm³/mol. The summed E-state index contributed by atoms with van der Waals surface area (Å²) >= 11 is 0. The minimum atomic E-state index is 0. The van der Waals surface area contributed by atoms with E-state index < -0.39 is 0 Å². The Morgan fingerprint density at radius 2 is 2.21 bits per heavy atom. The molecule has 0 fully saturated rings. The highest BCUT2D eigenvalue weighted by molar-refractivity contribution is 6.03. The Morgan fingerprint density at radius 1 is 1.43 bits per heavy atom. The van der Waals surface area contributed by atoms with Crippen LogP contribution in [0.2, 0.25) is 0 Å². The first kappa shape index (κ1) is 11.0. The van der Waals surface area contributed by atoms with E-state index in [9.17, 15) is 4.79 Å². The number of halogens is 1. The van der Waals surface area contributed by atoms with E-state index in [1.54, 1.807) is 0 Å². The third-order valence-corrected chi connectivity index (χ3v) is 2.29. The SMILES string of the molecule is Cl.NCc1ccc2c(c1)NCCC2=O. The van der Waals surface area contributed by atoms with Gasteiger partial charge in [0, 0.05) is 30.8 Å². The van der Waals surface area contributed by atoms with Gasteiger partial charge in [0.25, 0.3) is 0 Å². The van der Waals surface area contributed by atoms with Gasteiger partial charge in [-0.1, -0.05) is 6.07 Å². The van der Waals surface area contributed by atoms with Crippen molar-refractivity contribution in [1.29, 1.82) is 0 Å². The van der Waals surface area contributed by atoms with E-state index in [2.05, 4.69) is 5.32 Å². The van der Waals surface area contributed by atoms with E-state index in [1.807, 2.05) is 18.2 Å². The van der Waals surface area contributed by atoms with Crippen molar-refractivity contribution in [2.24, 2.45) is 5.73 Å². The summed E-state index contributed by atoms with van der Waals surface area (Å²) in [6.07, 6.45) is 0.592. The number of Topliss-reactive ketones (excluding diaryl/α,β-unsaturated/α-hetero) is 1. The lowest BCUT2D eigenvalue weighted by atomic mass is 10.0. The number of nitrogens with one attached hydrogen (secondary N) is 1. The molecule has 0 saturated heterocycles. The number of ketones is 1. The summed E-state index contributed by atoms with van der Waals surface area (Å²) < 4.78 is 0. The zero-order chi connectivity index (χ0) is 9.26.